The molecule has 0 aliphatic carbocycles. The number of ether oxygens (including phenoxy) is 2. The summed E-state index contributed by atoms with van der Waals surface area (Å²) < 4.78 is 11.2. The van der Waals surface area contributed by atoms with Crippen LogP contribution in [0.3, 0.4) is 0 Å². The van der Waals surface area contributed by atoms with Crippen LogP contribution in [-0.2, 0) is 4.74 Å². The van der Waals surface area contributed by atoms with Crippen LogP contribution in [0.4, 0.5) is 10.6 Å². The maximum absolute atomic E-state index is 12.1. The topological polar surface area (TPSA) is 94.8 Å². The summed E-state index contributed by atoms with van der Waals surface area (Å²) >= 11 is 0. The molecule has 8 nitrogen and oxygen atoms in total. The van der Waals surface area contributed by atoms with Gasteiger partial charge in [-0.2, -0.15) is 0 Å². The van der Waals surface area contributed by atoms with Crippen LogP contribution in [0.5, 0.6) is 5.75 Å². The molecular weight excluding hydrogens is 326 g/mol. The van der Waals surface area contributed by atoms with Gasteiger partial charge in [0.05, 0.1) is 6.10 Å². The number of rotatable bonds is 4. The normalized spacial score (nSPS) is 17.0. The van der Waals surface area contributed by atoms with E-state index in [1.165, 1.54) is 12.3 Å². The predicted molar refractivity (Wildman–Crippen MR) is 91.5 cm³/mol. The summed E-state index contributed by atoms with van der Waals surface area (Å²) in [7, 11) is 0. The van der Waals surface area contributed by atoms with Crippen molar-refractivity contribution in [3.05, 3.63) is 28.4 Å². The Labute approximate surface area is 147 Å². The Balaban J connectivity index is 1.83. The Bertz CT molecular complexity index is 604. The summed E-state index contributed by atoms with van der Waals surface area (Å²) in [6.45, 7) is 8.79. The SMILES string of the molecule is CC(Oc1ccc([N+](=O)[O-])nc1)C1CCN(C(=O)OC(C)(C)C)CC1. The van der Waals surface area contributed by atoms with Gasteiger partial charge in [0.15, 0.2) is 11.9 Å². The van der Waals surface area contributed by atoms with Crippen molar-refractivity contribution < 1.29 is 19.2 Å². The minimum absolute atomic E-state index is 0.0657. The zero-order valence-corrected chi connectivity index (χ0v) is 15.1. The van der Waals surface area contributed by atoms with E-state index in [2.05, 4.69) is 4.98 Å². The molecule has 0 saturated carbocycles. The predicted octanol–water partition coefficient (Wildman–Crippen LogP) is 3.40. The van der Waals surface area contributed by atoms with Crippen LogP contribution < -0.4 is 4.74 Å². The van der Waals surface area contributed by atoms with Crippen molar-refractivity contribution >= 4 is 11.9 Å². The molecule has 0 spiro atoms. The summed E-state index contributed by atoms with van der Waals surface area (Å²) in [5.74, 6) is 0.604. The minimum Gasteiger partial charge on any atom is -0.486 e. The highest BCUT2D eigenvalue weighted by Crippen LogP contribution is 2.25. The van der Waals surface area contributed by atoms with Crippen molar-refractivity contribution in [1.82, 2.24) is 9.88 Å². The molecule has 1 fully saturated rings. The molecule has 1 saturated heterocycles. The van der Waals surface area contributed by atoms with Gasteiger partial charge in [-0.25, -0.2) is 4.79 Å². The fraction of sp³-hybridized carbons (Fsp3) is 0.647. The third-order valence-corrected chi connectivity index (χ3v) is 4.08. The number of nitrogens with zero attached hydrogens (tertiary/aromatic N) is 3. The molecule has 1 aliphatic rings. The molecule has 138 valence electrons. The number of piperidine rings is 1. The van der Waals surface area contributed by atoms with Crippen LogP contribution in [0.15, 0.2) is 18.3 Å². The highest BCUT2D eigenvalue weighted by Gasteiger charge is 2.30. The van der Waals surface area contributed by atoms with Gasteiger partial charge in [0.25, 0.3) is 0 Å². The van der Waals surface area contributed by atoms with Crippen LogP contribution in [0, 0.1) is 16.0 Å². The highest BCUT2D eigenvalue weighted by atomic mass is 16.6. The summed E-state index contributed by atoms with van der Waals surface area (Å²) in [5.41, 5.74) is -0.493. The van der Waals surface area contributed by atoms with Crippen molar-refractivity contribution in [3.8, 4) is 5.75 Å². The van der Waals surface area contributed by atoms with E-state index in [1.54, 1.807) is 11.0 Å². The Morgan fingerprint density at radius 3 is 2.48 bits per heavy atom. The van der Waals surface area contributed by atoms with Gasteiger partial charge in [-0.15, -0.1) is 0 Å². The van der Waals surface area contributed by atoms with E-state index >= 15 is 0 Å². The summed E-state index contributed by atoms with van der Waals surface area (Å²) in [4.78, 5) is 27.6. The van der Waals surface area contributed by atoms with Crippen LogP contribution in [-0.4, -0.2) is 45.7 Å². The fourth-order valence-electron chi connectivity index (χ4n) is 2.74. The van der Waals surface area contributed by atoms with E-state index in [0.717, 1.165) is 12.8 Å². The number of likely N-dealkylation sites (tertiary alicyclic amines) is 1. The lowest BCUT2D eigenvalue weighted by molar-refractivity contribution is -0.389. The second-order valence-electron chi connectivity index (χ2n) is 7.24. The molecule has 2 heterocycles. The van der Waals surface area contributed by atoms with E-state index in [9.17, 15) is 14.9 Å². The lowest BCUT2D eigenvalue weighted by Gasteiger charge is -2.35. The molecule has 2 rings (SSSR count). The maximum atomic E-state index is 12.1. The van der Waals surface area contributed by atoms with Crippen molar-refractivity contribution in [2.75, 3.05) is 13.1 Å². The van der Waals surface area contributed by atoms with Crippen molar-refractivity contribution in [2.45, 2.75) is 52.2 Å². The van der Waals surface area contributed by atoms with Crippen molar-refractivity contribution in [1.29, 1.82) is 0 Å². The van der Waals surface area contributed by atoms with E-state index in [0.29, 0.717) is 24.8 Å². The largest absolute Gasteiger partial charge is 0.486 e. The molecule has 25 heavy (non-hydrogen) atoms. The summed E-state index contributed by atoms with van der Waals surface area (Å²) in [5, 5.41) is 10.6. The van der Waals surface area contributed by atoms with E-state index in [4.69, 9.17) is 9.47 Å². The minimum atomic E-state index is -0.542. The standard InChI is InChI=1S/C17H25N3O5/c1-12(24-14-5-6-15(18-11-14)20(22)23)13-7-9-19(10-8-13)16(21)25-17(2,3)4/h5-6,11-13H,7-10H2,1-4H3. The number of hydrogen-bond donors (Lipinski definition) is 0. The first-order valence-corrected chi connectivity index (χ1v) is 8.41. The maximum Gasteiger partial charge on any atom is 0.410 e. The summed E-state index contributed by atoms with van der Waals surface area (Å²) in [6, 6.07) is 2.88. The van der Waals surface area contributed by atoms with Gasteiger partial charge in [0.2, 0.25) is 0 Å². The van der Waals surface area contributed by atoms with Crippen LogP contribution in [0.2, 0.25) is 0 Å². The van der Waals surface area contributed by atoms with Crippen LogP contribution in [0.1, 0.15) is 40.5 Å². The first-order chi connectivity index (χ1) is 11.7. The van der Waals surface area contributed by atoms with Gasteiger partial charge in [-0.05, 0) is 62.4 Å². The smallest absolute Gasteiger partial charge is 0.410 e. The zero-order chi connectivity index (χ0) is 18.6. The van der Waals surface area contributed by atoms with Gasteiger partial charge in [-0.1, -0.05) is 0 Å². The van der Waals surface area contributed by atoms with Gasteiger partial charge >= 0.3 is 11.9 Å². The van der Waals surface area contributed by atoms with Crippen LogP contribution in [0.25, 0.3) is 0 Å². The average molecular weight is 351 g/mol. The third-order valence-electron chi connectivity index (χ3n) is 4.08. The lowest BCUT2D eigenvalue weighted by Crippen LogP contribution is -2.44. The number of nitro groups is 1. The molecular formula is C17H25N3O5. The molecule has 1 atom stereocenters. The second-order valence-corrected chi connectivity index (χ2v) is 7.24. The first-order valence-electron chi connectivity index (χ1n) is 8.41. The Morgan fingerprint density at radius 1 is 1.36 bits per heavy atom. The second kappa shape index (κ2) is 7.67. The molecule has 0 N–H and O–H groups in total. The number of amides is 1. The lowest BCUT2D eigenvalue weighted by atomic mass is 9.92. The number of carbonyl (C=O) groups is 1. The highest BCUT2D eigenvalue weighted by molar-refractivity contribution is 5.68. The molecule has 0 bridgehead atoms. The van der Waals surface area contributed by atoms with Gasteiger partial charge in [-0.3, -0.25) is 0 Å². The van der Waals surface area contributed by atoms with Crippen molar-refractivity contribution in [2.24, 2.45) is 5.92 Å². The van der Waals surface area contributed by atoms with Gasteiger partial charge in [0.1, 0.15) is 5.60 Å². The number of aromatic nitrogens is 1. The van der Waals surface area contributed by atoms with E-state index < -0.39 is 10.5 Å². The molecule has 0 radical (unpaired) electrons. The zero-order valence-electron chi connectivity index (χ0n) is 15.1. The number of pyridine rings is 1. The monoisotopic (exact) mass is 351 g/mol. The molecule has 8 heteroatoms. The van der Waals surface area contributed by atoms with Gasteiger partial charge < -0.3 is 24.5 Å². The van der Waals surface area contributed by atoms with Crippen LogP contribution >= 0.6 is 0 Å². The quantitative estimate of drug-likeness (QED) is 0.609. The average Bonchev–Trinajstić information content (AvgIpc) is 2.54. The Kier molecular flexibility index (Phi) is 5.81. The molecule has 1 aromatic heterocycles. The Hall–Kier alpha value is -2.38. The van der Waals surface area contributed by atoms with E-state index in [-0.39, 0.29) is 18.0 Å². The molecule has 1 aliphatic heterocycles. The van der Waals surface area contributed by atoms with Gasteiger partial charge in [0, 0.05) is 19.2 Å². The fourth-order valence-corrected chi connectivity index (χ4v) is 2.74. The molecule has 1 aromatic rings. The van der Waals surface area contributed by atoms with E-state index in [1.807, 2.05) is 27.7 Å². The molecule has 1 unspecified atom stereocenters. The first kappa shape index (κ1) is 19.0. The third kappa shape index (κ3) is 5.58. The number of hydrogen-bond acceptors (Lipinski definition) is 6. The Morgan fingerprint density at radius 2 is 2.00 bits per heavy atom. The molecule has 0 aromatic carbocycles. The summed E-state index contributed by atoms with van der Waals surface area (Å²) in [6.07, 6.45) is 2.66. The molecule has 1 amide bonds. The van der Waals surface area contributed by atoms with Crippen molar-refractivity contribution in [3.63, 3.8) is 0 Å². The number of carbonyl (C=O) groups excluding carboxylic acids is 1.